The Morgan fingerprint density at radius 3 is 2.64 bits per heavy atom. The Morgan fingerprint density at radius 2 is 1.94 bits per heavy atom. The highest BCUT2D eigenvalue weighted by molar-refractivity contribution is 7.98. The Balaban J connectivity index is 1.39. The number of fused-ring (bicyclic) bond motifs is 1. The van der Waals surface area contributed by atoms with Gasteiger partial charge in [0.05, 0.1) is 12.9 Å². The van der Waals surface area contributed by atoms with Crippen LogP contribution in [-0.4, -0.2) is 50.0 Å². The molecule has 0 radical (unpaired) electrons. The fourth-order valence-electron chi connectivity index (χ4n) is 4.59. The van der Waals surface area contributed by atoms with E-state index in [9.17, 15) is 18.8 Å². The standard InChI is InChI=1S/C26H26FN5O3S/c1-26(25(35)28-13-16-6-8-17(27)9-7-16)14-31-15-29-21(22(31)24(34)32(26)19-10-11-19)23(33)30-18-4-3-5-20(12-18)36-2/h3-9,12,15,19H,10-11,13-14H2,1-2H3,(H,28,35)(H,30,33). The normalized spacial score (nSPS) is 19.1. The fourth-order valence-corrected chi connectivity index (χ4v) is 5.05. The molecule has 2 heterocycles. The molecule has 3 amide bonds. The van der Waals surface area contributed by atoms with Crippen LogP contribution in [0.15, 0.2) is 59.8 Å². The molecule has 1 aliphatic carbocycles. The number of hydrogen-bond donors (Lipinski definition) is 2. The highest BCUT2D eigenvalue weighted by Crippen LogP contribution is 2.39. The maximum atomic E-state index is 13.7. The van der Waals surface area contributed by atoms with Crippen molar-refractivity contribution in [3.05, 3.63) is 77.6 Å². The largest absolute Gasteiger partial charge is 0.350 e. The summed E-state index contributed by atoms with van der Waals surface area (Å²) >= 11 is 1.56. The Bertz CT molecular complexity index is 1340. The minimum Gasteiger partial charge on any atom is -0.350 e. The Hall–Kier alpha value is -3.66. The molecule has 1 atom stereocenters. The van der Waals surface area contributed by atoms with Crippen LogP contribution < -0.4 is 10.6 Å². The smallest absolute Gasteiger partial charge is 0.276 e. The van der Waals surface area contributed by atoms with E-state index in [-0.39, 0.29) is 48.2 Å². The molecule has 1 fully saturated rings. The van der Waals surface area contributed by atoms with Crippen molar-refractivity contribution in [1.82, 2.24) is 19.8 Å². The highest BCUT2D eigenvalue weighted by atomic mass is 32.2. The third kappa shape index (κ3) is 4.48. The molecule has 0 spiro atoms. The van der Waals surface area contributed by atoms with E-state index in [1.807, 2.05) is 24.5 Å². The van der Waals surface area contributed by atoms with E-state index in [4.69, 9.17) is 0 Å². The number of nitrogens with one attached hydrogen (secondary N) is 2. The molecule has 2 aliphatic rings. The molecule has 3 aromatic rings. The minimum absolute atomic E-state index is 0.0361. The molecule has 0 bridgehead atoms. The van der Waals surface area contributed by atoms with E-state index in [1.165, 1.54) is 18.5 Å². The van der Waals surface area contributed by atoms with Crippen molar-refractivity contribution in [3.63, 3.8) is 0 Å². The van der Waals surface area contributed by atoms with Gasteiger partial charge in [-0.15, -0.1) is 11.8 Å². The molecular formula is C26H26FN5O3S. The lowest BCUT2D eigenvalue weighted by Gasteiger charge is -2.44. The van der Waals surface area contributed by atoms with Crippen molar-refractivity contribution in [2.45, 2.75) is 49.3 Å². The third-order valence-corrected chi connectivity index (χ3v) is 7.30. The monoisotopic (exact) mass is 507 g/mol. The number of benzene rings is 2. The highest BCUT2D eigenvalue weighted by Gasteiger charge is 2.53. The van der Waals surface area contributed by atoms with Crippen molar-refractivity contribution >= 4 is 35.2 Å². The van der Waals surface area contributed by atoms with Crippen molar-refractivity contribution in [3.8, 4) is 0 Å². The van der Waals surface area contributed by atoms with Crippen LogP contribution in [-0.2, 0) is 17.9 Å². The van der Waals surface area contributed by atoms with Gasteiger partial charge in [0, 0.05) is 23.2 Å². The van der Waals surface area contributed by atoms with Gasteiger partial charge >= 0.3 is 0 Å². The van der Waals surface area contributed by atoms with E-state index in [1.54, 1.807) is 46.4 Å². The lowest BCUT2D eigenvalue weighted by molar-refractivity contribution is -0.133. The SMILES string of the molecule is CSc1cccc(NC(=O)c2ncn3c2C(=O)N(C2CC2)C(C)(C(=O)NCc2ccc(F)cc2)C3)c1. The van der Waals surface area contributed by atoms with Crippen LogP contribution in [0.25, 0.3) is 0 Å². The van der Waals surface area contributed by atoms with E-state index < -0.39 is 11.4 Å². The second-order valence-electron chi connectivity index (χ2n) is 9.25. The number of carbonyl (C=O) groups is 3. The van der Waals surface area contributed by atoms with Crippen LogP contribution in [0.2, 0.25) is 0 Å². The van der Waals surface area contributed by atoms with Crippen molar-refractivity contribution in [1.29, 1.82) is 0 Å². The van der Waals surface area contributed by atoms with Gasteiger partial charge in [-0.05, 0) is 61.9 Å². The third-order valence-electron chi connectivity index (χ3n) is 6.58. The van der Waals surface area contributed by atoms with Gasteiger partial charge in [0.1, 0.15) is 17.1 Å². The number of anilines is 1. The number of amides is 3. The van der Waals surface area contributed by atoms with Gasteiger partial charge in [-0.3, -0.25) is 14.4 Å². The summed E-state index contributed by atoms with van der Waals surface area (Å²) in [5.74, 6) is -1.52. The van der Waals surface area contributed by atoms with E-state index in [0.717, 1.165) is 23.3 Å². The number of thioether (sulfide) groups is 1. The summed E-state index contributed by atoms with van der Waals surface area (Å²) in [6, 6.07) is 13.2. The van der Waals surface area contributed by atoms with Crippen LogP contribution in [0, 0.1) is 5.82 Å². The van der Waals surface area contributed by atoms with Gasteiger partial charge < -0.3 is 20.1 Å². The number of halogens is 1. The number of hydrogen-bond acceptors (Lipinski definition) is 5. The summed E-state index contributed by atoms with van der Waals surface area (Å²) in [6.07, 6.45) is 4.98. The second kappa shape index (κ2) is 9.42. The van der Waals surface area contributed by atoms with Gasteiger partial charge in [0.25, 0.3) is 11.8 Å². The molecule has 8 nitrogen and oxygen atoms in total. The first-order chi connectivity index (χ1) is 17.3. The summed E-state index contributed by atoms with van der Waals surface area (Å²) in [6.45, 7) is 2.11. The van der Waals surface area contributed by atoms with Gasteiger partial charge in [-0.2, -0.15) is 0 Å². The zero-order valence-corrected chi connectivity index (χ0v) is 20.8. The summed E-state index contributed by atoms with van der Waals surface area (Å²) in [7, 11) is 0. The van der Waals surface area contributed by atoms with E-state index >= 15 is 0 Å². The number of rotatable bonds is 7. The molecule has 1 aromatic heterocycles. The number of imidazole rings is 1. The van der Waals surface area contributed by atoms with Crippen molar-refractivity contribution in [2.75, 3.05) is 11.6 Å². The average molecular weight is 508 g/mol. The molecule has 1 saturated carbocycles. The van der Waals surface area contributed by atoms with Gasteiger partial charge in [0.15, 0.2) is 5.69 Å². The zero-order valence-electron chi connectivity index (χ0n) is 20.0. The quantitative estimate of drug-likeness (QED) is 0.476. The molecule has 10 heteroatoms. The van der Waals surface area contributed by atoms with E-state index in [2.05, 4.69) is 15.6 Å². The molecule has 5 rings (SSSR count). The molecular weight excluding hydrogens is 481 g/mol. The molecule has 36 heavy (non-hydrogen) atoms. The fraction of sp³-hybridized carbons (Fsp3) is 0.308. The van der Waals surface area contributed by atoms with Gasteiger partial charge in [-0.1, -0.05) is 18.2 Å². The van der Waals surface area contributed by atoms with E-state index in [0.29, 0.717) is 5.69 Å². The van der Waals surface area contributed by atoms with Gasteiger partial charge in [-0.25, -0.2) is 9.37 Å². The molecule has 1 unspecified atom stereocenters. The molecule has 1 aliphatic heterocycles. The lowest BCUT2D eigenvalue weighted by atomic mass is 9.93. The predicted octanol–water partition coefficient (Wildman–Crippen LogP) is 3.69. The van der Waals surface area contributed by atoms with Crippen LogP contribution in [0.1, 0.15) is 46.3 Å². The first-order valence-electron chi connectivity index (χ1n) is 11.7. The molecule has 186 valence electrons. The maximum Gasteiger partial charge on any atom is 0.276 e. The minimum atomic E-state index is -1.16. The van der Waals surface area contributed by atoms with Crippen LogP contribution >= 0.6 is 11.8 Å². The summed E-state index contributed by atoms with van der Waals surface area (Å²) in [4.78, 5) is 47.1. The number of aromatic nitrogens is 2. The van der Waals surface area contributed by atoms with Crippen LogP contribution in [0.4, 0.5) is 10.1 Å². The first kappa shape index (κ1) is 24.1. The topological polar surface area (TPSA) is 96.3 Å². The van der Waals surface area contributed by atoms with Crippen LogP contribution in [0.3, 0.4) is 0 Å². The zero-order chi connectivity index (χ0) is 25.4. The molecule has 0 saturated heterocycles. The second-order valence-corrected chi connectivity index (χ2v) is 10.1. The molecule has 2 aromatic carbocycles. The lowest BCUT2D eigenvalue weighted by Crippen LogP contribution is -2.64. The Morgan fingerprint density at radius 1 is 1.19 bits per heavy atom. The first-order valence-corrected chi connectivity index (χ1v) is 12.9. The van der Waals surface area contributed by atoms with Gasteiger partial charge in [0.2, 0.25) is 5.91 Å². The van der Waals surface area contributed by atoms with Crippen molar-refractivity contribution < 1.29 is 18.8 Å². The molecule has 2 N–H and O–H groups in total. The average Bonchev–Trinajstić information content (AvgIpc) is 3.61. The summed E-state index contributed by atoms with van der Waals surface area (Å²) in [5, 5.41) is 5.73. The summed E-state index contributed by atoms with van der Waals surface area (Å²) < 4.78 is 14.8. The predicted molar refractivity (Wildman–Crippen MR) is 134 cm³/mol. The Kier molecular flexibility index (Phi) is 6.29. The maximum absolute atomic E-state index is 13.7. The summed E-state index contributed by atoms with van der Waals surface area (Å²) in [5.41, 5.74) is 0.423. The Labute approximate surface area is 212 Å². The number of carbonyl (C=O) groups excluding carboxylic acids is 3. The van der Waals surface area contributed by atoms with Crippen LogP contribution in [0.5, 0.6) is 0 Å². The van der Waals surface area contributed by atoms with Crippen molar-refractivity contribution in [2.24, 2.45) is 0 Å². The number of nitrogens with zero attached hydrogens (tertiary/aromatic N) is 3.